The first-order valence-corrected chi connectivity index (χ1v) is 9.75. The Bertz CT molecular complexity index is 1050. The van der Waals surface area contributed by atoms with E-state index >= 15 is 0 Å². The van der Waals surface area contributed by atoms with E-state index in [-0.39, 0.29) is 5.56 Å². The zero-order chi connectivity index (χ0) is 19.0. The number of ether oxygens (including phenoxy) is 1. The smallest absolute Gasteiger partial charge is 0.274 e. The highest BCUT2D eigenvalue weighted by Gasteiger charge is 2.13. The number of halogens is 2. The van der Waals surface area contributed by atoms with Crippen LogP contribution in [0.5, 0.6) is 0 Å². The quantitative estimate of drug-likeness (QED) is 0.656. The Morgan fingerprint density at radius 3 is 2.70 bits per heavy atom. The number of aryl methyl sites for hydroxylation is 1. The molecule has 1 N–H and O–H groups in total. The number of hydrogen-bond acceptors (Lipinski definition) is 5. The normalized spacial score (nSPS) is 14.6. The van der Waals surface area contributed by atoms with E-state index in [9.17, 15) is 4.79 Å². The van der Waals surface area contributed by atoms with Gasteiger partial charge in [-0.3, -0.25) is 4.79 Å². The fourth-order valence-electron chi connectivity index (χ4n) is 3.18. The van der Waals surface area contributed by atoms with Crippen molar-refractivity contribution in [2.24, 2.45) is 7.05 Å². The molecule has 1 aromatic carbocycles. The second kappa shape index (κ2) is 7.50. The van der Waals surface area contributed by atoms with Gasteiger partial charge in [-0.25, -0.2) is 4.98 Å². The molecule has 27 heavy (non-hydrogen) atoms. The lowest BCUT2D eigenvalue weighted by Gasteiger charge is -2.28. The van der Waals surface area contributed by atoms with Gasteiger partial charge in [0.05, 0.1) is 35.6 Å². The van der Waals surface area contributed by atoms with Crippen LogP contribution < -0.4 is 15.8 Å². The number of pyridine rings is 2. The average Bonchev–Trinajstić information content (AvgIpc) is 2.70. The van der Waals surface area contributed by atoms with E-state index in [1.807, 2.05) is 30.5 Å². The third-order valence-corrected chi connectivity index (χ3v) is 5.98. The molecule has 0 bridgehead atoms. The Balaban J connectivity index is 1.66. The molecule has 6 nitrogen and oxygen atoms in total. The first kappa shape index (κ1) is 18.3. The van der Waals surface area contributed by atoms with Gasteiger partial charge >= 0.3 is 0 Å². The van der Waals surface area contributed by atoms with Gasteiger partial charge in [0.15, 0.2) is 0 Å². The van der Waals surface area contributed by atoms with Gasteiger partial charge in [0.2, 0.25) is 0 Å². The first-order chi connectivity index (χ1) is 13.0. The zero-order valence-corrected chi connectivity index (χ0v) is 17.0. The van der Waals surface area contributed by atoms with Crippen LogP contribution in [0.25, 0.3) is 10.9 Å². The zero-order valence-electron chi connectivity index (χ0n) is 14.7. The number of benzene rings is 1. The van der Waals surface area contributed by atoms with Crippen molar-refractivity contribution in [1.29, 1.82) is 0 Å². The van der Waals surface area contributed by atoms with E-state index in [0.29, 0.717) is 16.5 Å². The Morgan fingerprint density at radius 2 is 2.00 bits per heavy atom. The topological polar surface area (TPSA) is 59.4 Å². The monoisotopic (exact) mass is 448 g/mol. The molecule has 4 rings (SSSR count). The molecule has 0 saturated carbocycles. The molecule has 0 radical (unpaired) electrons. The lowest BCUT2D eigenvalue weighted by molar-refractivity contribution is 0.122. The number of anilines is 3. The molecule has 3 aromatic rings. The fraction of sp³-hybridized carbons (Fsp3) is 0.263. The summed E-state index contributed by atoms with van der Waals surface area (Å²) in [6.07, 6.45) is 1.81. The van der Waals surface area contributed by atoms with Crippen LogP contribution in [0.3, 0.4) is 0 Å². The molecule has 1 aliphatic rings. The van der Waals surface area contributed by atoms with Crippen LogP contribution in [0.4, 0.5) is 17.2 Å². The van der Waals surface area contributed by atoms with Crippen LogP contribution in [0.2, 0.25) is 5.02 Å². The van der Waals surface area contributed by atoms with Gasteiger partial charge < -0.3 is 19.5 Å². The highest BCUT2D eigenvalue weighted by molar-refractivity contribution is 9.10. The standard InChI is InChI=1S/C19H18BrClN4O2/c1-24-16-4-3-14(20)18(21)13(16)10-15(19(24)26)23-17-5-2-12(11-22-17)25-6-8-27-9-7-25/h2-5,10-11H,6-9H2,1H3,(H,22,23). The van der Waals surface area contributed by atoms with Crippen LogP contribution in [0.1, 0.15) is 0 Å². The summed E-state index contributed by atoms with van der Waals surface area (Å²) >= 11 is 9.84. The maximum Gasteiger partial charge on any atom is 0.274 e. The summed E-state index contributed by atoms with van der Waals surface area (Å²) < 4.78 is 7.74. The number of aromatic nitrogens is 2. The number of nitrogens with one attached hydrogen (secondary N) is 1. The highest BCUT2D eigenvalue weighted by Crippen LogP contribution is 2.31. The molecule has 0 unspecified atom stereocenters. The molecular weight excluding hydrogens is 432 g/mol. The molecule has 0 aliphatic carbocycles. The number of rotatable bonds is 3. The van der Waals surface area contributed by atoms with Gasteiger partial charge in [-0.15, -0.1) is 0 Å². The molecule has 3 heterocycles. The van der Waals surface area contributed by atoms with E-state index in [2.05, 4.69) is 31.1 Å². The minimum atomic E-state index is -0.139. The number of morpholine rings is 1. The minimum Gasteiger partial charge on any atom is -0.378 e. The highest BCUT2D eigenvalue weighted by atomic mass is 79.9. The molecular formula is C19H18BrClN4O2. The van der Waals surface area contributed by atoms with Crippen molar-refractivity contribution < 1.29 is 4.74 Å². The Hall–Kier alpha value is -2.09. The first-order valence-electron chi connectivity index (χ1n) is 8.58. The largest absolute Gasteiger partial charge is 0.378 e. The summed E-state index contributed by atoms with van der Waals surface area (Å²) in [6, 6.07) is 9.34. The van der Waals surface area contributed by atoms with Gasteiger partial charge in [-0.05, 0) is 46.3 Å². The molecule has 1 aliphatic heterocycles. The Labute approximate surface area is 169 Å². The molecule has 1 fully saturated rings. The van der Waals surface area contributed by atoms with Crippen molar-refractivity contribution >= 4 is 55.6 Å². The van der Waals surface area contributed by atoms with Crippen LogP contribution in [0.15, 0.2) is 45.8 Å². The van der Waals surface area contributed by atoms with Crippen molar-refractivity contribution in [2.75, 3.05) is 36.5 Å². The predicted octanol–water partition coefficient (Wildman–Crippen LogP) is 3.93. The number of fused-ring (bicyclic) bond motifs is 1. The maximum atomic E-state index is 12.7. The average molecular weight is 450 g/mol. The van der Waals surface area contributed by atoms with Gasteiger partial charge in [0.25, 0.3) is 5.56 Å². The third kappa shape index (κ3) is 3.54. The van der Waals surface area contributed by atoms with E-state index < -0.39 is 0 Å². The van der Waals surface area contributed by atoms with E-state index in [0.717, 1.165) is 47.4 Å². The van der Waals surface area contributed by atoms with Crippen molar-refractivity contribution in [2.45, 2.75) is 0 Å². The van der Waals surface area contributed by atoms with Crippen molar-refractivity contribution in [3.8, 4) is 0 Å². The van der Waals surface area contributed by atoms with Crippen LogP contribution in [0, 0.1) is 0 Å². The van der Waals surface area contributed by atoms with E-state index in [1.165, 1.54) is 0 Å². The molecule has 1 saturated heterocycles. The molecule has 0 amide bonds. The Kier molecular flexibility index (Phi) is 5.08. The van der Waals surface area contributed by atoms with Crippen LogP contribution >= 0.6 is 27.5 Å². The van der Waals surface area contributed by atoms with Crippen molar-refractivity contribution in [3.63, 3.8) is 0 Å². The Morgan fingerprint density at radius 1 is 1.22 bits per heavy atom. The van der Waals surface area contributed by atoms with Gasteiger partial charge in [-0.1, -0.05) is 11.6 Å². The summed E-state index contributed by atoms with van der Waals surface area (Å²) in [5, 5.41) is 4.48. The summed E-state index contributed by atoms with van der Waals surface area (Å²) in [4.78, 5) is 19.4. The van der Waals surface area contributed by atoms with E-state index in [1.54, 1.807) is 17.7 Å². The molecule has 140 valence electrons. The predicted molar refractivity (Wildman–Crippen MR) is 112 cm³/mol. The molecule has 2 aromatic heterocycles. The lowest BCUT2D eigenvalue weighted by Crippen LogP contribution is -2.36. The SMILES string of the molecule is Cn1c(=O)c(Nc2ccc(N3CCOCC3)cn2)cc2c(Cl)c(Br)ccc21. The minimum absolute atomic E-state index is 0.139. The maximum absolute atomic E-state index is 12.7. The lowest BCUT2D eigenvalue weighted by atomic mass is 10.2. The molecule has 8 heteroatoms. The van der Waals surface area contributed by atoms with Gasteiger partial charge in [-0.2, -0.15) is 0 Å². The van der Waals surface area contributed by atoms with Gasteiger partial charge in [0.1, 0.15) is 11.5 Å². The van der Waals surface area contributed by atoms with Crippen molar-refractivity contribution in [3.05, 3.63) is 56.4 Å². The second-order valence-electron chi connectivity index (χ2n) is 6.34. The summed E-state index contributed by atoms with van der Waals surface area (Å²) in [7, 11) is 1.73. The summed E-state index contributed by atoms with van der Waals surface area (Å²) in [5.74, 6) is 0.606. The third-order valence-electron chi connectivity index (χ3n) is 4.68. The number of hydrogen-bond donors (Lipinski definition) is 1. The second-order valence-corrected chi connectivity index (χ2v) is 7.57. The molecule has 0 spiro atoms. The summed E-state index contributed by atoms with van der Waals surface area (Å²) in [6.45, 7) is 3.16. The summed E-state index contributed by atoms with van der Waals surface area (Å²) in [5.41, 5.74) is 2.10. The fourth-order valence-corrected chi connectivity index (χ4v) is 3.74. The van der Waals surface area contributed by atoms with E-state index in [4.69, 9.17) is 16.3 Å². The number of nitrogens with zero attached hydrogens (tertiary/aromatic N) is 3. The van der Waals surface area contributed by atoms with Crippen molar-refractivity contribution in [1.82, 2.24) is 9.55 Å². The van der Waals surface area contributed by atoms with Gasteiger partial charge in [0, 0.05) is 30.0 Å². The molecule has 0 atom stereocenters. The van der Waals surface area contributed by atoms with Crippen LogP contribution in [-0.2, 0) is 11.8 Å². The van der Waals surface area contributed by atoms with Crippen LogP contribution in [-0.4, -0.2) is 35.9 Å².